The summed E-state index contributed by atoms with van der Waals surface area (Å²) in [5.74, 6) is 1.94. The van der Waals surface area contributed by atoms with Gasteiger partial charge in [-0.2, -0.15) is 0 Å². The maximum absolute atomic E-state index is 12.9. The molecule has 0 aromatic rings. The first-order valence-corrected chi connectivity index (χ1v) is 10.7. The van der Waals surface area contributed by atoms with Crippen molar-refractivity contribution in [3.8, 4) is 0 Å². The molecule has 4 unspecified atom stereocenters. The monoisotopic (exact) mass is 368 g/mol. The molecule has 0 saturated heterocycles. The van der Waals surface area contributed by atoms with Gasteiger partial charge in [0.05, 0.1) is 0 Å². The fourth-order valence-electron chi connectivity index (χ4n) is 6.86. The molecule has 0 spiro atoms. The van der Waals surface area contributed by atoms with Crippen molar-refractivity contribution in [3.05, 3.63) is 23.3 Å². The second-order valence-corrected chi connectivity index (χ2v) is 9.89. The topological polar surface area (TPSA) is 51.2 Å². The zero-order valence-corrected chi connectivity index (χ0v) is 17.0. The van der Waals surface area contributed by atoms with Gasteiger partial charge in [0.1, 0.15) is 11.6 Å². The summed E-state index contributed by atoms with van der Waals surface area (Å²) >= 11 is 0. The summed E-state index contributed by atoms with van der Waals surface area (Å²) in [4.78, 5) is 36.1. The van der Waals surface area contributed by atoms with Gasteiger partial charge in [-0.25, -0.2) is 0 Å². The van der Waals surface area contributed by atoms with Gasteiger partial charge in [-0.05, 0) is 68.8 Å². The lowest BCUT2D eigenvalue weighted by atomic mass is 9.51. The first-order chi connectivity index (χ1) is 12.8. The van der Waals surface area contributed by atoms with Crippen molar-refractivity contribution in [3.63, 3.8) is 0 Å². The number of Topliss-reactive ketones (excluding diaryl/α,β-unsaturated/α-hetero) is 2. The Balaban J connectivity index is 1.61. The molecule has 27 heavy (non-hydrogen) atoms. The summed E-state index contributed by atoms with van der Waals surface area (Å²) < 4.78 is 0. The first kappa shape index (κ1) is 18.8. The highest BCUT2D eigenvalue weighted by molar-refractivity contribution is 5.92. The lowest BCUT2D eigenvalue weighted by molar-refractivity contribution is -0.129. The van der Waals surface area contributed by atoms with Gasteiger partial charge >= 0.3 is 0 Å². The third-order valence-electron chi connectivity index (χ3n) is 8.45. The normalized spacial score (nSPS) is 40.4. The van der Waals surface area contributed by atoms with Crippen LogP contribution in [0.3, 0.4) is 0 Å². The number of carbonyl (C=O) groups excluding carboxylic acids is 3. The van der Waals surface area contributed by atoms with E-state index in [2.05, 4.69) is 19.9 Å². The zero-order valence-electron chi connectivity index (χ0n) is 17.0. The maximum Gasteiger partial charge on any atom is 0.155 e. The molecule has 3 heteroatoms. The van der Waals surface area contributed by atoms with Crippen molar-refractivity contribution < 1.29 is 14.4 Å². The molecular weight excluding hydrogens is 336 g/mol. The van der Waals surface area contributed by atoms with Crippen molar-refractivity contribution in [2.75, 3.05) is 0 Å². The lowest BCUT2D eigenvalue weighted by Crippen LogP contribution is -2.45. The van der Waals surface area contributed by atoms with E-state index in [9.17, 15) is 14.4 Å². The molecule has 0 heterocycles. The van der Waals surface area contributed by atoms with Crippen LogP contribution in [0.25, 0.3) is 0 Å². The van der Waals surface area contributed by atoms with Crippen LogP contribution in [0, 0.1) is 28.6 Å². The van der Waals surface area contributed by atoms with Crippen LogP contribution < -0.4 is 0 Å². The Bertz CT molecular complexity index is 758. The number of hydrogen-bond donors (Lipinski definition) is 0. The molecule has 5 atom stereocenters. The summed E-state index contributed by atoms with van der Waals surface area (Å²) in [5.41, 5.74) is 3.02. The van der Waals surface area contributed by atoms with E-state index in [0.717, 1.165) is 38.5 Å². The second-order valence-electron chi connectivity index (χ2n) is 9.89. The molecule has 4 aliphatic rings. The molecule has 146 valence electrons. The third kappa shape index (κ3) is 2.89. The Morgan fingerprint density at radius 3 is 2.63 bits per heavy atom. The maximum atomic E-state index is 12.9. The molecule has 0 radical (unpaired) electrons. The molecule has 0 bridgehead atoms. The van der Waals surface area contributed by atoms with E-state index < -0.39 is 0 Å². The molecule has 0 aromatic heterocycles. The molecule has 3 nitrogen and oxygen atoms in total. The predicted molar refractivity (Wildman–Crippen MR) is 105 cm³/mol. The predicted octanol–water partition coefficient (Wildman–Crippen LogP) is 4.99. The van der Waals surface area contributed by atoms with Gasteiger partial charge < -0.3 is 4.79 Å². The van der Waals surface area contributed by atoms with Crippen molar-refractivity contribution in [1.29, 1.82) is 0 Å². The smallest absolute Gasteiger partial charge is 0.155 e. The highest BCUT2D eigenvalue weighted by atomic mass is 16.1. The summed E-state index contributed by atoms with van der Waals surface area (Å²) in [7, 11) is 0. The highest BCUT2D eigenvalue weighted by Gasteiger charge is 2.57. The van der Waals surface area contributed by atoms with Gasteiger partial charge in [-0.3, -0.25) is 9.59 Å². The van der Waals surface area contributed by atoms with Crippen LogP contribution in [0.4, 0.5) is 0 Å². The van der Waals surface area contributed by atoms with Crippen molar-refractivity contribution in [2.24, 2.45) is 28.6 Å². The van der Waals surface area contributed by atoms with E-state index in [1.54, 1.807) is 12.5 Å². The summed E-state index contributed by atoms with van der Waals surface area (Å²) in [6, 6.07) is 0. The summed E-state index contributed by atoms with van der Waals surface area (Å²) in [6.07, 6.45) is 12.0. The Kier molecular flexibility index (Phi) is 4.56. The third-order valence-corrected chi connectivity index (χ3v) is 8.45. The minimum absolute atomic E-state index is 0.0457. The van der Waals surface area contributed by atoms with Gasteiger partial charge in [0.15, 0.2) is 5.78 Å². The fraction of sp³-hybridized carbons (Fsp3) is 0.708. The summed E-state index contributed by atoms with van der Waals surface area (Å²) in [6.45, 7) is 6.24. The quantitative estimate of drug-likeness (QED) is 0.657. The van der Waals surface area contributed by atoms with Crippen LogP contribution in [0.1, 0.15) is 78.6 Å². The fourth-order valence-corrected chi connectivity index (χ4v) is 6.86. The minimum Gasteiger partial charge on any atom is -0.300 e. The number of fused-ring (bicyclic) bond motifs is 5. The number of rotatable bonds is 4. The number of hydrogen-bond acceptors (Lipinski definition) is 3. The van der Waals surface area contributed by atoms with Crippen LogP contribution in [0.5, 0.6) is 0 Å². The van der Waals surface area contributed by atoms with Gasteiger partial charge in [0, 0.05) is 30.6 Å². The SMILES string of the molecule is CC(=O)CCC(=O)C1CCC2C3CCC4=CC(=O)CCC4(C)C3=CC[C@]12C. The standard InChI is InChI=1S/C24H32O3/c1-15(25)4-9-22(27)21-8-7-19-18-6-5-16-14-17(26)10-12-23(16,2)20(18)11-13-24(19,21)3/h11,14,18-19,21H,4-10,12-13H2,1-3H3/t18?,19?,21?,23?,24-/m0/s1. The van der Waals surface area contributed by atoms with Crippen molar-refractivity contribution >= 4 is 17.3 Å². The molecule has 2 fully saturated rings. The van der Waals surface area contributed by atoms with Crippen LogP contribution in [0.2, 0.25) is 0 Å². The molecule has 0 aromatic carbocycles. The molecular formula is C24H32O3. The van der Waals surface area contributed by atoms with E-state index in [1.807, 2.05) is 6.08 Å². The van der Waals surface area contributed by atoms with E-state index in [4.69, 9.17) is 0 Å². The average Bonchev–Trinajstić information content (AvgIpc) is 2.97. The minimum atomic E-state index is 0.0457. The average molecular weight is 369 g/mol. The molecule has 0 amide bonds. The highest BCUT2D eigenvalue weighted by Crippen LogP contribution is 2.64. The van der Waals surface area contributed by atoms with Crippen molar-refractivity contribution in [1.82, 2.24) is 0 Å². The van der Waals surface area contributed by atoms with Gasteiger partial charge in [0.2, 0.25) is 0 Å². The number of allylic oxidation sites excluding steroid dienone is 4. The Hall–Kier alpha value is -1.51. The lowest BCUT2D eigenvalue weighted by Gasteiger charge is -2.53. The summed E-state index contributed by atoms with van der Waals surface area (Å²) in [5, 5.41) is 0. The number of carbonyl (C=O) groups is 3. The van der Waals surface area contributed by atoms with Gasteiger partial charge in [-0.1, -0.05) is 31.1 Å². The van der Waals surface area contributed by atoms with E-state index in [-0.39, 0.29) is 22.5 Å². The second kappa shape index (κ2) is 6.53. The van der Waals surface area contributed by atoms with E-state index in [0.29, 0.717) is 42.7 Å². The molecule has 2 saturated carbocycles. The van der Waals surface area contributed by atoms with E-state index >= 15 is 0 Å². The Morgan fingerprint density at radius 1 is 1.11 bits per heavy atom. The Morgan fingerprint density at radius 2 is 1.89 bits per heavy atom. The van der Waals surface area contributed by atoms with E-state index in [1.165, 1.54) is 5.57 Å². The van der Waals surface area contributed by atoms with Crippen LogP contribution >= 0.6 is 0 Å². The van der Waals surface area contributed by atoms with Crippen LogP contribution in [0.15, 0.2) is 23.3 Å². The van der Waals surface area contributed by atoms with Crippen molar-refractivity contribution in [2.45, 2.75) is 78.6 Å². The van der Waals surface area contributed by atoms with Crippen LogP contribution in [-0.2, 0) is 14.4 Å². The largest absolute Gasteiger partial charge is 0.300 e. The molecule has 0 aliphatic heterocycles. The van der Waals surface area contributed by atoms with Gasteiger partial charge in [-0.15, -0.1) is 0 Å². The molecule has 4 rings (SSSR count). The molecule has 4 aliphatic carbocycles. The first-order valence-electron chi connectivity index (χ1n) is 10.7. The zero-order chi connectivity index (χ0) is 19.4. The number of ketones is 3. The van der Waals surface area contributed by atoms with Gasteiger partial charge in [0.25, 0.3) is 0 Å². The molecule has 0 N–H and O–H groups in total. The van der Waals surface area contributed by atoms with Crippen LogP contribution in [-0.4, -0.2) is 17.3 Å². The Labute approximate surface area is 162 Å².